The molecule has 0 radical (unpaired) electrons. The van der Waals surface area contributed by atoms with Crippen molar-refractivity contribution >= 4 is 38.7 Å². The molecule has 0 bridgehead atoms. The summed E-state index contributed by atoms with van der Waals surface area (Å²) >= 11 is 4.98. The molecule has 0 unspecified atom stereocenters. The van der Waals surface area contributed by atoms with Gasteiger partial charge in [-0.25, -0.2) is 9.78 Å². The molecule has 0 amide bonds. The lowest BCUT2D eigenvalue weighted by Gasteiger charge is -2.10. The highest BCUT2D eigenvalue weighted by Crippen LogP contribution is 2.27. The van der Waals surface area contributed by atoms with Crippen molar-refractivity contribution < 1.29 is 0 Å². The summed E-state index contributed by atoms with van der Waals surface area (Å²) < 4.78 is 3.55. The number of thioether (sulfide) groups is 1. The molecule has 2 aromatic heterocycles. The van der Waals surface area contributed by atoms with Crippen LogP contribution in [0.3, 0.4) is 0 Å². The van der Waals surface area contributed by atoms with Crippen molar-refractivity contribution in [1.29, 1.82) is 0 Å². The van der Waals surface area contributed by atoms with Crippen LogP contribution in [0.2, 0.25) is 0 Å². The second-order valence-corrected chi connectivity index (χ2v) is 7.06. The van der Waals surface area contributed by atoms with Crippen LogP contribution in [-0.2, 0) is 19.8 Å². The van der Waals surface area contributed by atoms with E-state index in [2.05, 4.69) is 20.9 Å². The van der Waals surface area contributed by atoms with E-state index in [1.165, 1.54) is 11.6 Å². The Balaban J connectivity index is 2.06. The van der Waals surface area contributed by atoms with Crippen molar-refractivity contribution in [3.05, 3.63) is 67.4 Å². The number of rotatable bonds is 3. The largest absolute Gasteiger partial charge is 0.332 e. The Morgan fingerprint density at radius 3 is 2.48 bits per heavy atom. The summed E-state index contributed by atoms with van der Waals surface area (Å²) in [5.74, 6) is 0.735. The summed E-state index contributed by atoms with van der Waals surface area (Å²) in [6.07, 6.45) is 1.63. The van der Waals surface area contributed by atoms with Crippen LogP contribution in [0, 0.1) is 0 Å². The van der Waals surface area contributed by atoms with Crippen molar-refractivity contribution in [1.82, 2.24) is 14.1 Å². The molecule has 0 N–H and O–H groups in total. The normalized spacial score (nSPS) is 11.1. The number of pyridine rings is 1. The van der Waals surface area contributed by atoms with Crippen LogP contribution in [0.4, 0.5) is 0 Å². The molecule has 0 saturated heterocycles. The van der Waals surface area contributed by atoms with Gasteiger partial charge < -0.3 is 0 Å². The number of halogens is 1. The molecule has 0 aliphatic carbocycles. The van der Waals surface area contributed by atoms with E-state index in [-0.39, 0.29) is 11.2 Å². The lowest BCUT2D eigenvalue weighted by atomic mass is 10.2. The van der Waals surface area contributed by atoms with E-state index < -0.39 is 0 Å². The zero-order chi connectivity index (χ0) is 16.6. The fourth-order valence-corrected chi connectivity index (χ4v) is 3.58. The van der Waals surface area contributed by atoms with Gasteiger partial charge in [0.1, 0.15) is 5.65 Å². The monoisotopic (exact) mass is 391 g/mol. The first-order valence-electron chi connectivity index (χ1n) is 6.91. The zero-order valence-corrected chi connectivity index (χ0v) is 15.0. The Labute approximate surface area is 145 Å². The molecule has 7 heteroatoms. The number of hydrogen-bond acceptors (Lipinski definition) is 4. The Morgan fingerprint density at radius 1 is 1.09 bits per heavy atom. The molecule has 0 saturated carbocycles. The van der Waals surface area contributed by atoms with Gasteiger partial charge in [0, 0.05) is 35.4 Å². The summed E-state index contributed by atoms with van der Waals surface area (Å²) in [5.41, 5.74) is 0.892. The van der Waals surface area contributed by atoms with E-state index in [9.17, 15) is 9.59 Å². The van der Waals surface area contributed by atoms with E-state index in [0.29, 0.717) is 11.0 Å². The molecule has 3 rings (SSSR count). The van der Waals surface area contributed by atoms with Gasteiger partial charge in [-0.2, -0.15) is 0 Å². The predicted octanol–water partition coefficient (Wildman–Crippen LogP) is 2.69. The molecule has 1 aromatic carbocycles. The first-order valence-corrected chi connectivity index (χ1v) is 8.69. The van der Waals surface area contributed by atoms with Gasteiger partial charge in [0.25, 0.3) is 5.56 Å². The summed E-state index contributed by atoms with van der Waals surface area (Å²) in [5, 5.41) is 0.485. The highest BCUT2D eigenvalue weighted by Gasteiger charge is 2.13. The van der Waals surface area contributed by atoms with Gasteiger partial charge in [-0.3, -0.25) is 13.9 Å². The molecule has 2 heterocycles. The number of hydrogen-bond donors (Lipinski definition) is 0. The summed E-state index contributed by atoms with van der Waals surface area (Å²) in [7, 11) is 3.11. The van der Waals surface area contributed by atoms with E-state index in [0.717, 1.165) is 25.3 Å². The maximum Gasteiger partial charge on any atom is 0.332 e. The van der Waals surface area contributed by atoms with Crippen molar-refractivity contribution in [2.24, 2.45) is 14.1 Å². The maximum absolute atomic E-state index is 12.5. The Bertz CT molecular complexity index is 993. The van der Waals surface area contributed by atoms with Gasteiger partial charge in [-0.15, -0.1) is 11.8 Å². The van der Waals surface area contributed by atoms with E-state index in [1.54, 1.807) is 25.0 Å². The smallest absolute Gasteiger partial charge is 0.280 e. The Morgan fingerprint density at radius 2 is 1.78 bits per heavy atom. The average Bonchev–Trinajstić information content (AvgIpc) is 2.57. The first-order chi connectivity index (χ1) is 11.0. The van der Waals surface area contributed by atoms with Crippen LogP contribution in [-0.4, -0.2) is 14.1 Å². The molecule has 23 heavy (non-hydrogen) atoms. The van der Waals surface area contributed by atoms with Crippen molar-refractivity contribution in [2.75, 3.05) is 0 Å². The van der Waals surface area contributed by atoms with Crippen LogP contribution in [0.25, 0.3) is 11.0 Å². The molecule has 118 valence electrons. The summed E-state index contributed by atoms with van der Waals surface area (Å²) in [6.45, 7) is 0. The molecular formula is C16H14BrN3O2S. The second kappa shape index (κ2) is 6.33. The highest BCUT2D eigenvalue weighted by molar-refractivity contribution is 9.10. The number of benzene rings is 1. The zero-order valence-electron chi connectivity index (χ0n) is 12.6. The van der Waals surface area contributed by atoms with Gasteiger partial charge in [-0.1, -0.05) is 28.1 Å². The summed E-state index contributed by atoms with van der Waals surface area (Å²) in [6, 6.07) is 9.87. The van der Waals surface area contributed by atoms with Crippen LogP contribution in [0.1, 0.15) is 5.56 Å². The van der Waals surface area contributed by atoms with E-state index in [4.69, 9.17) is 0 Å². The Hall–Kier alpha value is -1.86. The third-order valence-electron chi connectivity index (χ3n) is 3.61. The molecule has 0 fully saturated rings. The molecule has 0 spiro atoms. The SMILES string of the molecule is Cn1c(=O)c2c(SCc3ccc(Br)cc3)ccnc2n(C)c1=O. The first kappa shape index (κ1) is 16.0. The molecule has 0 atom stereocenters. The predicted molar refractivity (Wildman–Crippen MR) is 95.9 cm³/mol. The number of fused-ring (bicyclic) bond motifs is 1. The van der Waals surface area contributed by atoms with Gasteiger partial charge in [0.05, 0.1) is 5.39 Å². The van der Waals surface area contributed by atoms with Gasteiger partial charge in [0.15, 0.2) is 0 Å². The lowest BCUT2D eigenvalue weighted by Crippen LogP contribution is -2.37. The van der Waals surface area contributed by atoms with Gasteiger partial charge in [-0.05, 0) is 23.8 Å². The summed E-state index contributed by atoms with van der Waals surface area (Å²) in [4.78, 5) is 29.5. The molecule has 0 aliphatic rings. The topological polar surface area (TPSA) is 56.9 Å². The van der Waals surface area contributed by atoms with Crippen LogP contribution in [0.5, 0.6) is 0 Å². The molecule has 5 nitrogen and oxygen atoms in total. The van der Waals surface area contributed by atoms with Crippen molar-refractivity contribution in [3.8, 4) is 0 Å². The number of aryl methyl sites for hydroxylation is 1. The van der Waals surface area contributed by atoms with Crippen molar-refractivity contribution in [2.45, 2.75) is 10.6 Å². The average molecular weight is 392 g/mol. The fourth-order valence-electron chi connectivity index (χ4n) is 2.32. The fraction of sp³-hybridized carbons (Fsp3) is 0.188. The van der Waals surface area contributed by atoms with Crippen molar-refractivity contribution in [3.63, 3.8) is 0 Å². The van der Waals surface area contributed by atoms with Crippen LogP contribution >= 0.6 is 27.7 Å². The standard InChI is InChI=1S/C16H14BrN3O2S/c1-19-14-13(15(21)20(2)16(19)22)12(7-8-18-14)23-9-10-3-5-11(17)6-4-10/h3-8H,9H2,1-2H3. The third kappa shape index (κ3) is 2.98. The lowest BCUT2D eigenvalue weighted by molar-refractivity contribution is 0.706. The maximum atomic E-state index is 12.5. The van der Waals surface area contributed by atoms with E-state index in [1.807, 2.05) is 30.3 Å². The quantitative estimate of drug-likeness (QED) is 0.644. The van der Waals surface area contributed by atoms with Crippen LogP contribution < -0.4 is 11.2 Å². The van der Waals surface area contributed by atoms with Crippen LogP contribution in [0.15, 0.2) is 55.5 Å². The minimum atomic E-state index is -0.370. The third-order valence-corrected chi connectivity index (χ3v) is 5.27. The second-order valence-electron chi connectivity index (χ2n) is 5.13. The molecule has 0 aliphatic heterocycles. The van der Waals surface area contributed by atoms with E-state index >= 15 is 0 Å². The minimum Gasteiger partial charge on any atom is -0.280 e. The molecular weight excluding hydrogens is 378 g/mol. The van der Waals surface area contributed by atoms with Gasteiger partial charge in [0.2, 0.25) is 0 Å². The molecule has 3 aromatic rings. The van der Waals surface area contributed by atoms with Gasteiger partial charge >= 0.3 is 5.69 Å². The number of aromatic nitrogens is 3. The Kier molecular flexibility index (Phi) is 4.41. The highest BCUT2D eigenvalue weighted by atomic mass is 79.9. The minimum absolute atomic E-state index is 0.311. The number of nitrogens with zero attached hydrogens (tertiary/aromatic N) is 3.